The number of carbonyl (C=O) groups is 9. The topological polar surface area (TPSA) is 252 Å². The molecule has 0 fully saturated rings. The number of ketones is 2. The molecule has 0 saturated carbocycles. The van der Waals surface area contributed by atoms with Gasteiger partial charge in [-0.25, -0.2) is 14.4 Å². The molecule has 0 rings (SSSR count). The summed E-state index contributed by atoms with van der Waals surface area (Å²) in [5.74, 6) is -6.29. The van der Waals surface area contributed by atoms with E-state index in [0.29, 0.717) is 12.8 Å². The quantitative estimate of drug-likeness (QED) is 0.0145. The molecule has 5 N–H and O–H groups in total. The van der Waals surface area contributed by atoms with Gasteiger partial charge in [0.15, 0.2) is 5.78 Å². The summed E-state index contributed by atoms with van der Waals surface area (Å²) in [5, 5.41) is 11.1. The van der Waals surface area contributed by atoms with Crippen molar-refractivity contribution in [1.29, 1.82) is 0 Å². The van der Waals surface area contributed by atoms with Crippen molar-refractivity contribution in [3.8, 4) is 0 Å². The minimum Gasteiger partial charge on any atom is -0.474 e. The Kier molecular flexibility index (Phi) is 85.6. The second kappa shape index (κ2) is 75.5. The average Bonchev–Trinajstić information content (AvgIpc) is 0.786. The van der Waals surface area contributed by atoms with E-state index in [1.807, 2.05) is 53.9 Å². The van der Waals surface area contributed by atoms with Crippen LogP contribution in [0, 0.1) is 10.8 Å². The maximum Gasteiger partial charge on any atom is 0.396 e. The highest BCUT2D eigenvalue weighted by Crippen LogP contribution is 2.20. The molecular formula is C28H58B81Cl2N3O13-3. The summed E-state index contributed by atoms with van der Waals surface area (Å²) in [7, 11) is 240. The molecule has 0 aromatic heterocycles. The van der Waals surface area contributed by atoms with Crippen LogP contribution in [0.4, 0.5) is 0 Å². The first-order valence-electron chi connectivity index (χ1n) is 38.7. The van der Waals surface area contributed by atoms with Gasteiger partial charge in [-0.1, -0.05) is 64.8 Å². The molecule has 0 aliphatic heterocycles. The van der Waals surface area contributed by atoms with Crippen LogP contribution in [0.3, 0.4) is 0 Å². The molecule has 0 bridgehead atoms. The van der Waals surface area contributed by atoms with Crippen molar-refractivity contribution in [3.63, 3.8) is 0 Å². The largest absolute Gasteiger partial charge is 0.474 e. The number of rotatable bonds is 47. The van der Waals surface area contributed by atoms with Crippen LogP contribution in [0.15, 0.2) is 0 Å². The van der Waals surface area contributed by atoms with Crippen molar-refractivity contribution >= 4 is 653 Å². The molecule has 0 heterocycles. The predicted octanol–water partition coefficient (Wildman–Crippen LogP) is -32.1. The van der Waals surface area contributed by atoms with Crippen LogP contribution in [-0.2, 0) is 57.4 Å². The molecule has 0 aliphatic rings. The molecule has 0 aromatic rings. The van der Waals surface area contributed by atoms with Gasteiger partial charge in [-0.15, -0.1) is 18.8 Å². The third-order valence-electron chi connectivity index (χ3n) is 18.6. The third kappa shape index (κ3) is 60.4. The monoisotopic (exact) mass is 1610 g/mol. The lowest BCUT2D eigenvalue weighted by Gasteiger charge is -2.49. The van der Waals surface area contributed by atoms with Gasteiger partial charge in [0.2, 0.25) is 0 Å². The molecule has 523 valence electrons. The minimum atomic E-state index is -1.63. The maximum absolute atomic E-state index is 11.4. The summed E-state index contributed by atoms with van der Waals surface area (Å²) >= 11 is 4.69. The number of halogens is 2. The first kappa shape index (κ1) is 144. The summed E-state index contributed by atoms with van der Waals surface area (Å²) in [6.07, 6.45) is -25.9. The number of amides is 2. The van der Waals surface area contributed by atoms with Crippen molar-refractivity contribution in [2.75, 3.05) is 39.5 Å². The van der Waals surface area contributed by atoms with Crippen molar-refractivity contribution in [3.05, 3.63) is 0 Å². The van der Waals surface area contributed by atoms with E-state index in [1.165, 1.54) is 7.06 Å². The molecule has 2 amide bonds. The zero-order valence-electron chi connectivity index (χ0n) is 72.9. The molecule has 0 atom stereocenters. The van der Waals surface area contributed by atoms with Crippen LogP contribution in [0.2, 0.25) is 0 Å². The summed E-state index contributed by atoms with van der Waals surface area (Å²) in [6.45, 7) is 16.8. The van der Waals surface area contributed by atoms with Gasteiger partial charge >= 0.3 is 40.9 Å². The molecule has 0 spiro atoms. The number of carbonyl (C=O) groups excluding carboxylic acids is 8. The lowest BCUT2D eigenvalue weighted by molar-refractivity contribution is -0.154. The number of Topliss-reactive ketones (excluding diaryl/α,β-unsaturated/α-hetero) is 2. The Labute approximate surface area is 849 Å². The molecule has 0 saturated heterocycles. The highest BCUT2D eigenvalue weighted by Gasteiger charge is 2.54. The van der Waals surface area contributed by atoms with Gasteiger partial charge in [-0.05, 0) is 383 Å². The Bertz CT molecular complexity index is 2660. The van der Waals surface area contributed by atoms with Gasteiger partial charge in [-0.3, -0.25) is 28.8 Å². The van der Waals surface area contributed by atoms with E-state index >= 15 is 0 Å². The second-order valence-electron chi connectivity index (χ2n) is 31.5. The van der Waals surface area contributed by atoms with Crippen molar-refractivity contribution in [1.82, 2.24) is 10.6 Å². The second-order valence-corrected chi connectivity index (χ2v) is 31.9. The highest BCUT2D eigenvalue weighted by atomic mass is 35.5. The number of nitrogens with two attached hydrogens (primary N) is 1. The predicted molar refractivity (Wildman–Crippen MR) is 648 cm³/mol. The Balaban J connectivity index is -0.000000226. The summed E-state index contributed by atoms with van der Waals surface area (Å²) < 4.78 is 13.1. The van der Waals surface area contributed by atoms with E-state index in [0.717, 1.165) is 0 Å². The summed E-state index contributed by atoms with van der Waals surface area (Å²) in [4.78, 5) is 94.7. The number of carboxylic acid groups (broad SMARTS) is 1. The van der Waals surface area contributed by atoms with Crippen LogP contribution in [0.25, 0.3) is 0 Å². The molecule has 0 unspecified atom stereocenters. The number of aliphatic carboxylic acids is 1. The fraction of sp³-hybridized carbons (Fsp3) is 0.679. The first-order valence-corrected chi connectivity index (χ1v) is 39.1. The highest BCUT2D eigenvalue weighted by molar-refractivity contribution is 8.29. The van der Waals surface area contributed by atoms with Crippen LogP contribution in [0.1, 0.15) is 75.2 Å². The van der Waals surface area contributed by atoms with Crippen LogP contribution < -0.4 is 16.4 Å². The van der Waals surface area contributed by atoms with E-state index in [-0.39, 0.29) is 116 Å². The zero-order chi connectivity index (χ0) is 101. The van der Waals surface area contributed by atoms with Gasteiger partial charge in [0, 0.05) is 205 Å². The Morgan fingerprint density at radius 3 is 0.748 bits per heavy atom. The lowest BCUT2D eigenvalue weighted by atomic mass is 8.33. The van der Waals surface area contributed by atoms with E-state index in [9.17, 15) is 43.2 Å². The fourth-order valence-corrected chi connectivity index (χ4v) is 13.9. The number of hydrogen-bond acceptors (Lipinski definition) is 13. The molecular weight excluding hydrogens is 1530 g/mol. The molecule has 81 radical (unpaired) electrons. The van der Waals surface area contributed by atoms with Gasteiger partial charge in [0.05, 0.1) is 32.9 Å². The average molecular weight is 1590 g/mol. The van der Waals surface area contributed by atoms with E-state index in [4.69, 9.17) is 324 Å². The smallest absolute Gasteiger partial charge is 0.396 e. The Hall–Kier alpha value is 1.63. The normalized spacial score (nSPS) is 9.50. The van der Waals surface area contributed by atoms with Gasteiger partial charge in [0.1, 0.15) is 12.3 Å². The number of ether oxygens (including phenoxy) is 3. The summed E-state index contributed by atoms with van der Waals surface area (Å²) in [5.41, 5.74) is 5.10. The van der Waals surface area contributed by atoms with Gasteiger partial charge < -0.3 is 35.7 Å². The fourth-order valence-electron chi connectivity index (χ4n) is 13.8. The molecule has 0 aromatic carbocycles. The molecule has 127 heavy (non-hydrogen) atoms. The van der Waals surface area contributed by atoms with Crippen molar-refractivity contribution in [2.24, 2.45) is 16.6 Å². The SMILES string of the molecule is CC(C)(C)CC(=O)CN.CCOC(=O)C(=O)Cl.CCOC(=O)C(=O)NCC(=O)CC(C)(C)C.CCOC(=O)CNC(=O)C(=O)O.Cl.[B]B([B])B(B([B])[B])B(B(B([B])[B])B([B])[B])B(B([B])[B][BH3-])B(B([B])[B])B([B])[BH3-].[B]B([B])B(B([B])[B])B(B([B])[B][BH3-])B(B(B([B])[B])B([B])[B])B(B([B])[B])B([B])[B].[B][B]B([B])B(B(B([B])[B])B([B])[B])B(B(B([B])[B])B([B])[B])B(B([B])[B])B([B])[B]. The number of nitrogens with one attached hydrogen (secondary N) is 2. The minimum absolute atomic E-state index is 0. The number of hydrogen-bond donors (Lipinski definition) is 4. The molecule has 99 heteroatoms. The Morgan fingerprint density at radius 2 is 0.567 bits per heavy atom. The van der Waals surface area contributed by atoms with Crippen LogP contribution in [-0.4, -0.2) is 673 Å². The molecule has 16 nitrogen and oxygen atoms in total. The Morgan fingerprint density at radius 1 is 0.346 bits per heavy atom. The maximum atomic E-state index is 11.4. The van der Waals surface area contributed by atoms with Gasteiger partial charge in [-0.2, -0.15) is 14.1 Å². The molecule has 0 aliphatic carbocycles. The van der Waals surface area contributed by atoms with E-state index < -0.39 is 252 Å². The number of esters is 3. The van der Waals surface area contributed by atoms with E-state index in [1.54, 1.807) is 20.8 Å². The standard InChI is InChI=1S/C11H19NO4.C7H15NO.C6H9NO5.C4H5ClO3.B27H6.B27H3.B27.ClH/c1-5-16-10(15)9(14)12-7-8(13)6-11(2,3)4;1-7(2,3)4-6(9)5-8;1-2-12-4(8)3-7-5(9)6(10)11;1-2-8-4(7)3(5)6;3*1-15-22(14)26(23(16(2)3)17(4)5)27(24(18(6)7)19(8)9)25(20(10)11)21(12)13;/h5-7H2,1-4H3,(H,12,14);4-5,8H2,1-3H3;2-3H2,1H3,(H,7,9)(H,10,11);2H2,1H3;1-2H3;1H3;;1H/q;;;;-2;-1;;. The third-order valence-corrected chi connectivity index (χ3v) is 18.7. The van der Waals surface area contributed by atoms with Crippen LogP contribution >= 0.6 is 24.0 Å². The summed E-state index contributed by atoms with van der Waals surface area (Å²) in [6, 6.07) is 0. The lowest BCUT2D eigenvalue weighted by Crippen LogP contribution is -2.86. The number of carboxylic acids is 1. The first-order chi connectivity index (χ1) is 57.3. The van der Waals surface area contributed by atoms with Crippen molar-refractivity contribution < 1.29 is 62.5 Å². The van der Waals surface area contributed by atoms with Crippen LogP contribution in [0.5, 0.6) is 0 Å². The zero-order valence-corrected chi connectivity index (χ0v) is 74.5. The van der Waals surface area contributed by atoms with E-state index in [2.05, 4.69) is 26.6 Å². The van der Waals surface area contributed by atoms with Crippen molar-refractivity contribution in [2.45, 2.75) is 75.2 Å². The van der Waals surface area contributed by atoms with Gasteiger partial charge in [0.25, 0.3) is 0 Å².